The predicted molar refractivity (Wildman–Crippen MR) is 154 cm³/mol. The fraction of sp³-hybridized carbons (Fsp3) is 0.682. The first-order valence-corrected chi connectivity index (χ1v) is 17.2. The summed E-state index contributed by atoms with van der Waals surface area (Å²) in [6.07, 6.45) is 0.109. The number of anilines is 1. The van der Waals surface area contributed by atoms with E-state index in [2.05, 4.69) is 30.1 Å². The Kier molecular flexibility index (Phi) is 10.5. The number of nitrogens with zero attached hydrogens (tertiary/aromatic N) is 5. The molecule has 44 heavy (non-hydrogen) atoms. The number of aliphatic hydroxyl groups excluding tert-OH is 2. The monoisotopic (exact) mass is 684 g/mol. The number of hydrogen-bond donors (Lipinski definition) is 7. The van der Waals surface area contributed by atoms with E-state index in [0.29, 0.717) is 11.2 Å². The van der Waals surface area contributed by atoms with Gasteiger partial charge in [-0.15, -0.1) is 4.36 Å². The van der Waals surface area contributed by atoms with E-state index in [0.717, 1.165) is 39.0 Å². The number of aromatic nitrogens is 4. The minimum atomic E-state index is -5.62. The van der Waals surface area contributed by atoms with Crippen LogP contribution < -0.4 is 15.4 Å². The van der Waals surface area contributed by atoms with E-state index in [-0.39, 0.29) is 17.0 Å². The van der Waals surface area contributed by atoms with Crippen LogP contribution in [0.2, 0.25) is 5.28 Å². The predicted octanol–water partition coefficient (Wildman–Crippen LogP) is -0.541. The van der Waals surface area contributed by atoms with Gasteiger partial charge in [-0.25, -0.2) is 13.7 Å². The Morgan fingerprint density at radius 2 is 1.95 bits per heavy atom. The molecule has 2 aromatic rings. The summed E-state index contributed by atoms with van der Waals surface area (Å²) in [6, 6.07) is -0.800. The number of rotatable bonds is 11. The molecule has 2 unspecified atom stereocenters. The number of fused-ring (bicyclic) bond motifs is 1. The molecule has 1 aliphatic carbocycles. The quantitative estimate of drug-likeness (QED) is 0.116. The molecule has 2 aliphatic rings. The minimum Gasteiger partial charge on any atom is -0.387 e. The van der Waals surface area contributed by atoms with Gasteiger partial charge in [0, 0.05) is 26.5 Å². The first kappa shape index (κ1) is 34.4. The van der Waals surface area contributed by atoms with Gasteiger partial charge < -0.3 is 44.8 Å². The number of amides is 3. The summed E-state index contributed by atoms with van der Waals surface area (Å²) in [6.45, 7) is -1.96. The SMILES string of the molecule is CNC(=O)NS(C)(=O)=NC(=O)C(COC)(OC[C@H]1O[C@@H](n2ncc3c(NC4CCCC4)nc(Cl)nc32)[C@H](O)[C@@H]1O)P(=O)(O)O. The largest absolute Gasteiger partial charge is 0.387 e. The van der Waals surface area contributed by atoms with Crippen molar-refractivity contribution in [2.45, 2.75) is 61.6 Å². The smallest absolute Gasteiger partial charge is 0.369 e. The second-order valence-electron chi connectivity index (χ2n) is 10.3. The Hall–Kier alpha value is -2.52. The van der Waals surface area contributed by atoms with Crippen LogP contribution in [0.3, 0.4) is 0 Å². The maximum absolute atomic E-state index is 13.1. The van der Waals surface area contributed by atoms with Crippen molar-refractivity contribution in [3.63, 3.8) is 0 Å². The van der Waals surface area contributed by atoms with Crippen molar-refractivity contribution in [1.82, 2.24) is 29.8 Å². The molecular formula is C22H34ClN8O11PS. The van der Waals surface area contributed by atoms with E-state index in [1.165, 1.54) is 17.9 Å². The molecule has 246 valence electrons. The zero-order valence-corrected chi connectivity index (χ0v) is 26.3. The molecule has 7 N–H and O–H groups in total. The lowest BCUT2D eigenvalue weighted by Gasteiger charge is -2.31. The van der Waals surface area contributed by atoms with Gasteiger partial charge in [0.25, 0.3) is 5.34 Å². The van der Waals surface area contributed by atoms with Crippen molar-refractivity contribution >= 4 is 57.9 Å². The van der Waals surface area contributed by atoms with Crippen LogP contribution in [0.5, 0.6) is 0 Å². The molecule has 1 saturated carbocycles. The molecule has 22 heteroatoms. The van der Waals surface area contributed by atoms with Crippen molar-refractivity contribution in [1.29, 1.82) is 0 Å². The number of halogens is 1. The van der Waals surface area contributed by atoms with Crippen LogP contribution in [-0.4, -0.2) is 119 Å². The van der Waals surface area contributed by atoms with E-state index >= 15 is 0 Å². The number of hydrogen-bond acceptors (Lipinski definition) is 13. The highest BCUT2D eigenvalue weighted by Gasteiger charge is 2.57. The Labute approximate surface area is 256 Å². The first-order valence-electron chi connectivity index (χ1n) is 13.3. The molecule has 3 heterocycles. The number of methoxy groups -OCH3 is 1. The second kappa shape index (κ2) is 13.5. The lowest BCUT2D eigenvalue weighted by Crippen LogP contribution is -2.48. The molecule has 1 aliphatic heterocycles. The van der Waals surface area contributed by atoms with Crippen LogP contribution in [0.15, 0.2) is 10.6 Å². The zero-order valence-electron chi connectivity index (χ0n) is 23.8. The Bertz CT molecular complexity index is 1560. The molecule has 19 nitrogen and oxygen atoms in total. The Balaban J connectivity index is 1.60. The summed E-state index contributed by atoms with van der Waals surface area (Å²) in [5, 5.41) is 28.5. The van der Waals surface area contributed by atoms with Gasteiger partial charge in [0.1, 0.15) is 34.0 Å². The van der Waals surface area contributed by atoms with Crippen molar-refractivity contribution in [2.75, 3.05) is 38.9 Å². The summed E-state index contributed by atoms with van der Waals surface area (Å²) in [5.41, 5.74) is 0.169. The third-order valence-electron chi connectivity index (χ3n) is 7.10. The molecule has 0 aromatic carbocycles. The zero-order chi connectivity index (χ0) is 32.4. The van der Waals surface area contributed by atoms with E-state index in [1.807, 2.05) is 4.72 Å². The van der Waals surface area contributed by atoms with E-state index in [9.17, 15) is 38.4 Å². The third kappa shape index (κ3) is 7.14. The van der Waals surface area contributed by atoms with Crippen molar-refractivity contribution in [3.8, 4) is 0 Å². The molecule has 0 bridgehead atoms. The van der Waals surface area contributed by atoms with Crippen molar-refractivity contribution in [3.05, 3.63) is 11.5 Å². The summed E-state index contributed by atoms with van der Waals surface area (Å²) in [4.78, 5) is 53.5. The first-order chi connectivity index (χ1) is 20.6. The lowest BCUT2D eigenvalue weighted by molar-refractivity contribution is -0.149. The highest BCUT2D eigenvalue weighted by Crippen LogP contribution is 2.53. The topological polar surface area (TPSA) is 269 Å². The Morgan fingerprint density at radius 3 is 2.57 bits per heavy atom. The molecule has 1 saturated heterocycles. The number of nitrogens with one attached hydrogen (secondary N) is 3. The maximum Gasteiger partial charge on any atom is 0.369 e. The maximum atomic E-state index is 13.1. The van der Waals surface area contributed by atoms with Crippen LogP contribution in [0.4, 0.5) is 10.6 Å². The molecule has 3 amide bonds. The van der Waals surface area contributed by atoms with Crippen LogP contribution in [0, 0.1) is 0 Å². The normalized spacial score (nSPS) is 25.4. The van der Waals surface area contributed by atoms with Crippen LogP contribution in [-0.2, 0) is 33.5 Å². The number of carbonyl (C=O) groups is 2. The highest BCUT2D eigenvalue weighted by atomic mass is 35.5. The molecular weight excluding hydrogens is 651 g/mol. The number of ether oxygens (including phenoxy) is 3. The highest BCUT2D eigenvalue weighted by molar-refractivity contribution is 7.91. The summed E-state index contributed by atoms with van der Waals surface area (Å²) in [7, 11) is -7.26. The van der Waals surface area contributed by atoms with E-state index in [4.69, 9.17) is 25.8 Å². The van der Waals surface area contributed by atoms with Gasteiger partial charge in [-0.3, -0.25) is 14.1 Å². The fourth-order valence-corrected chi connectivity index (χ4v) is 6.90. The van der Waals surface area contributed by atoms with Crippen LogP contribution in [0.1, 0.15) is 31.9 Å². The second-order valence-corrected chi connectivity index (χ2v) is 14.4. The van der Waals surface area contributed by atoms with Gasteiger partial charge in [0.05, 0.1) is 24.8 Å². The van der Waals surface area contributed by atoms with E-state index in [1.54, 1.807) is 0 Å². The summed E-state index contributed by atoms with van der Waals surface area (Å²) in [5.74, 6) is -1.29. The summed E-state index contributed by atoms with van der Waals surface area (Å²) < 4.78 is 47.6. The van der Waals surface area contributed by atoms with Gasteiger partial charge >= 0.3 is 19.5 Å². The van der Waals surface area contributed by atoms with Crippen molar-refractivity contribution < 1.29 is 52.6 Å². The number of aliphatic hydroxyl groups is 2. The third-order valence-corrected chi connectivity index (χ3v) is 9.74. The standard InChI is InChI=1S/C22H34ClN8O11PS/c1-24-21(35)30-44(3,39)29-19(34)22(10-40-2,43(36,37)38)41-9-13-14(32)15(33)18(42-13)31-17-12(8-25-31)16(27-20(23)28-17)26-11-6-4-5-7-11/h8,11,13-15,18,32-33H,4-7,9-10H2,1-3H3,(H,26,27,28)(H2,36,37,38)(H2,24,29,30,34,35,39)/t13-,14-,15-,18-,22?,44?/m1/s1. The molecule has 2 aromatic heterocycles. The molecule has 4 rings (SSSR count). The lowest BCUT2D eigenvalue weighted by atomic mass is 10.1. The minimum absolute atomic E-state index is 0.112. The van der Waals surface area contributed by atoms with Gasteiger partial charge in [-0.1, -0.05) is 12.8 Å². The average Bonchev–Trinajstić information content (AvgIpc) is 3.66. The molecule has 2 fully saturated rings. The van der Waals surface area contributed by atoms with Crippen LogP contribution >= 0.6 is 19.2 Å². The number of urea groups is 1. The van der Waals surface area contributed by atoms with E-state index < -0.39 is 72.5 Å². The average molecular weight is 685 g/mol. The fourth-order valence-electron chi connectivity index (χ4n) is 4.88. The number of carbonyl (C=O) groups excluding carboxylic acids is 2. The van der Waals surface area contributed by atoms with Gasteiger partial charge in [-0.05, 0) is 24.4 Å². The molecule has 6 atom stereocenters. The molecule has 0 spiro atoms. The Morgan fingerprint density at radius 1 is 1.27 bits per heavy atom. The molecule has 0 radical (unpaired) electrons. The summed E-state index contributed by atoms with van der Waals surface area (Å²) >= 11 is 6.17. The van der Waals surface area contributed by atoms with Gasteiger partial charge in [0.2, 0.25) is 5.28 Å². The van der Waals surface area contributed by atoms with Crippen molar-refractivity contribution in [2.24, 2.45) is 4.36 Å². The van der Waals surface area contributed by atoms with Gasteiger partial charge in [-0.2, -0.15) is 15.1 Å². The van der Waals surface area contributed by atoms with Gasteiger partial charge in [0.15, 0.2) is 11.9 Å². The van der Waals surface area contributed by atoms with Crippen LogP contribution in [0.25, 0.3) is 11.0 Å².